The van der Waals surface area contributed by atoms with Crippen LogP contribution in [0.1, 0.15) is 48.3 Å². The first-order valence-electron chi connectivity index (χ1n) is 7.33. The summed E-state index contributed by atoms with van der Waals surface area (Å²) in [5.41, 5.74) is 1.10. The number of aromatic nitrogens is 2. The molecule has 2 rings (SSSR count). The summed E-state index contributed by atoms with van der Waals surface area (Å²) in [7, 11) is 0. The van der Waals surface area contributed by atoms with Crippen molar-refractivity contribution in [2.75, 3.05) is 13.2 Å². The van der Waals surface area contributed by atoms with Crippen molar-refractivity contribution in [3.63, 3.8) is 0 Å². The predicted molar refractivity (Wildman–Crippen MR) is 79.4 cm³/mol. The minimum Gasteiger partial charge on any atom is -0.460 e. The van der Waals surface area contributed by atoms with Crippen LogP contribution in [-0.4, -0.2) is 29.3 Å². The van der Waals surface area contributed by atoms with Crippen molar-refractivity contribution < 1.29 is 18.8 Å². The molecule has 0 aliphatic rings. The molecule has 1 aromatic carbocycles. The van der Waals surface area contributed by atoms with Gasteiger partial charge in [-0.3, -0.25) is 0 Å². The average molecular weight is 304 g/mol. The molecule has 0 amide bonds. The van der Waals surface area contributed by atoms with Crippen molar-refractivity contribution in [3.05, 3.63) is 47.6 Å². The quantitative estimate of drug-likeness (QED) is 0.698. The Bertz CT molecular complexity index is 583. The first-order valence-corrected chi connectivity index (χ1v) is 7.33. The lowest BCUT2D eigenvalue weighted by Crippen LogP contribution is -2.09. The van der Waals surface area contributed by atoms with Crippen LogP contribution in [-0.2, 0) is 16.1 Å². The fourth-order valence-electron chi connectivity index (χ4n) is 1.78. The molecule has 1 heterocycles. The van der Waals surface area contributed by atoms with Crippen molar-refractivity contribution in [1.82, 2.24) is 10.1 Å². The first-order chi connectivity index (χ1) is 10.7. The highest BCUT2D eigenvalue weighted by atomic mass is 16.5. The van der Waals surface area contributed by atoms with E-state index in [0.29, 0.717) is 25.7 Å². The highest BCUT2D eigenvalue weighted by Crippen LogP contribution is 2.14. The Labute approximate surface area is 129 Å². The second-order valence-corrected chi connectivity index (χ2v) is 4.99. The number of hydrogen-bond acceptors (Lipinski definition) is 6. The Hall–Kier alpha value is -2.21. The van der Waals surface area contributed by atoms with E-state index in [1.54, 1.807) is 0 Å². The van der Waals surface area contributed by atoms with Crippen LogP contribution in [0.4, 0.5) is 0 Å². The van der Waals surface area contributed by atoms with E-state index in [2.05, 4.69) is 10.1 Å². The lowest BCUT2D eigenvalue weighted by molar-refractivity contribution is 0.0487. The van der Waals surface area contributed by atoms with Gasteiger partial charge in [-0.05, 0) is 17.1 Å². The third-order valence-electron chi connectivity index (χ3n) is 2.96. The van der Waals surface area contributed by atoms with E-state index in [-0.39, 0.29) is 11.7 Å². The first kappa shape index (κ1) is 16.2. The third kappa shape index (κ3) is 4.66. The molecule has 0 saturated carbocycles. The number of carbonyl (C=O) groups excluding carboxylic acids is 1. The molecule has 22 heavy (non-hydrogen) atoms. The van der Waals surface area contributed by atoms with Crippen molar-refractivity contribution in [3.8, 4) is 0 Å². The monoisotopic (exact) mass is 304 g/mol. The van der Waals surface area contributed by atoms with Crippen molar-refractivity contribution in [2.45, 2.75) is 32.8 Å². The minimum atomic E-state index is -0.561. The van der Waals surface area contributed by atoms with E-state index < -0.39 is 5.97 Å². The number of esters is 1. The van der Waals surface area contributed by atoms with E-state index in [4.69, 9.17) is 14.0 Å². The zero-order chi connectivity index (χ0) is 15.8. The van der Waals surface area contributed by atoms with Crippen molar-refractivity contribution >= 4 is 5.97 Å². The number of hydrogen-bond donors (Lipinski definition) is 0. The van der Waals surface area contributed by atoms with E-state index >= 15 is 0 Å². The van der Waals surface area contributed by atoms with Crippen LogP contribution in [0.25, 0.3) is 0 Å². The lowest BCUT2D eigenvalue weighted by atomic mass is 10.2. The fourth-order valence-corrected chi connectivity index (χ4v) is 1.78. The standard InChI is InChI=1S/C16H20N2O4/c1-3-9-21-16(19)14-17-15(22-18-14)12(2)10-20-11-13-7-5-4-6-8-13/h4-8,12H,3,9-11H2,1-2H3/t12-/m1/s1. The topological polar surface area (TPSA) is 74.5 Å². The molecule has 118 valence electrons. The maximum absolute atomic E-state index is 11.6. The predicted octanol–water partition coefficient (Wildman–Crippen LogP) is 2.96. The number of ether oxygens (including phenoxy) is 2. The van der Waals surface area contributed by atoms with E-state index in [1.165, 1.54) is 0 Å². The number of nitrogens with zero attached hydrogens (tertiary/aromatic N) is 2. The van der Waals surface area contributed by atoms with Gasteiger partial charge in [0.15, 0.2) is 0 Å². The van der Waals surface area contributed by atoms with Gasteiger partial charge >= 0.3 is 5.97 Å². The highest BCUT2D eigenvalue weighted by molar-refractivity contribution is 5.84. The van der Waals surface area contributed by atoms with Crippen LogP contribution in [0, 0.1) is 0 Å². The van der Waals surface area contributed by atoms with E-state index in [9.17, 15) is 4.79 Å². The SMILES string of the molecule is CCCOC(=O)c1noc([C@H](C)COCc2ccccc2)n1. The zero-order valence-electron chi connectivity index (χ0n) is 12.8. The minimum absolute atomic E-state index is 0.0432. The van der Waals surface area contributed by atoms with Crippen LogP contribution < -0.4 is 0 Å². The summed E-state index contributed by atoms with van der Waals surface area (Å²) in [4.78, 5) is 15.7. The second kappa shape index (κ2) is 8.29. The van der Waals surface area contributed by atoms with Crippen LogP contribution in [0.5, 0.6) is 0 Å². The van der Waals surface area contributed by atoms with Gasteiger partial charge in [-0.1, -0.05) is 44.2 Å². The molecule has 1 atom stereocenters. The van der Waals surface area contributed by atoms with E-state index in [1.807, 2.05) is 44.2 Å². The number of carbonyl (C=O) groups is 1. The molecule has 6 nitrogen and oxygen atoms in total. The number of rotatable bonds is 8. The molecular formula is C16H20N2O4. The molecule has 0 aliphatic carbocycles. The van der Waals surface area contributed by atoms with Crippen LogP contribution >= 0.6 is 0 Å². The van der Waals surface area contributed by atoms with Gasteiger partial charge in [0.25, 0.3) is 5.82 Å². The van der Waals surface area contributed by atoms with Gasteiger partial charge in [0, 0.05) is 0 Å². The molecule has 1 aromatic heterocycles. The Balaban J connectivity index is 1.81. The molecule has 0 fully saturated rings. The van der Waals surface area contributed by atoms with Gasteiger partial charge in [-0.15, -0.1) is 0 Å². The molecule has 0 radical (unpaired) electrons. The summed E-state index contributed by atoms with van der Waals surface area (Å²) in [6.07, 6.45) is 0.750. The summed E-state index contributed by atoms with van der Waals surface area (Å²) in [6.45, 7) is 5.12. The normalized spacial score (nSPS) is 12.1. The molecule has 0 spiro atoms. The molecular weight excluding hydrogens is 284 g/mol. The van der Waals surface area contributed by atoms with E-state index in [0.717, 1.165) is 12.0 Å². The third-order valence-corrected chi connectivity index (χ3v) is 2.96. The van der Waals surface area contributed by atoms with Gasteiger partial charge < -0.3 is 14.0 Å². The zero-order valence-corrected chi connectivity index (χ0v) is 12.8. The Morgan fingerprint density at radius 2 is 2.09 bits per heavy atom. The average Bonchev–Trinajstić information content (AvgIpc) is 3.03. The van der Waals surface area contributed by atoms with Crippen molar-refractivity contribution in [2.24, 2.45) is 0 Å². The molecule has 2 aromatic rings. The molecule has 0 unspecified atom stereocenters. The Morgan fingerprint density at radius 1 is 1.32 bits per heavy atom. The molecule has 0 bridgehead atoms. The highest BCUT2D eigenvalue weighted by Gasteiger charge is 2.19. The van der Waals surface area contributed by atoms with Gasteiger partial charge in [0.2, 0.25) is 5.89 Å². The summed E-state index contributed by atoms with van der Waals surface area (Å²) in [5, 5.41) is 3.64. The van der Waals surface area contributed by atoms with Gasteiger partial charge in [-0.25, -0.2) is 4.79 Å². The van der Waals surface area contributed by atoms with Crippen LogP contribution in [0.15, 0.2) is 34.9 Å². The maximum atomic E-state index is 11.6. The lowest BCUT2D eigenvalue weighted by Gasteiger charge is -2.07. The Morgan fingerprint density at radius 3 is 2.82 bits per heavy atom. The maximum Gasteiger partial charge on any atom is 0.379 e. The largest absolute Gasteiger partial charge is 0.460 e. The summed E-state index contributed by atoms with van der Waals surface area (Å²) >= 11 is 0. The number of benzene rings is 1. The van der Waals surface area contributed by atoms with Gasteiger partial charge in [0.1, 0.15) is 0 Å². The van der Waals surface area contributed by atoms with Crippen molar-refractivity contribution in [1.29, 1.82) is 0 Å². The summed E-state index contributed by atoms with van der Waals surface area (Å²) in [5.74, 6) is -0.326. The van der Waals surface area contributed by atoms with Crippen LogP contribution in [0.3, 0.4) is 0 Å². The smallest absolute Gasteiger partial charge is 0.379 e. The molecule has 0 N–H and O–H groups in total. The summed E-state index contributed by atoms with van der Waals surface area (Å²) in [6, 6.07) is 9.89. The second-order valence-electron chi connectivity index (χ2n) is 4.99. The molecule has 6 heteroatoms. The van der Waals surface area contributed by atoms with Gasteiger partial charge in [-0.2, -0.15) is 4.98 Å². The van der Waals surface area contributed by atoms with Crippen LogP contribution in [0.2, 0.25) is 0 Å². The molecule has 0 aliphatic heterocycles. The fraction of sp³-hybridized carbons (Fsp3) is 0.438. The molecule has 0 saturated heterocycles. The van der Waals surface area contributed by atoms with Gasteiger partial charge in [0.05, 0.1) is 25.7 Å². The Kier molecular flexibility index (Phi) is 6.09. The summed E-state index contributed by atoms with van der Waals surface area (Å²) < 4.78 is 15.7.